The van der Waals surface area contributed by atoms with Crippen LogP contribution in [0.25, 0.3) is 0 Å². The van der Waals surface area contributed by atoms with Gasteiger partial charge in [0.15, 0.2) is 0 Å². The molecule has 0 radical (unpaired) electrons. The molecule has 3 atom stereocenters. The van der Waals surface area contributed by atoms with Crippen LogP contribution in [0.1, 0.15) is 38.2 Å². The SMILES string of the molecule is CC(CNC(=O)C(C)N1CCCC(C(=O)O)C1)c1ccccc1.Cl. The highest BCUT2D eigenvalue weighted by Gasteiger charge is 2.30. The van der Waals surface area contributed by atoms with E-state index in [-0.39, 0.29) is 36.2 Å². The van der Waals surface area contributed by atoms with Gasteiger partial charge in [-0.05, 0) is 37.8 Å². The molecule has 0 aromatic heterocycles. The summed E-state index contributed by atoms with van der Waals surface area (Å²) in [6.45, 7) is 5.77. The predicted molar refractivity (Wildman–Crippen MR) is 96.5 cm³/mol. The van der Waals surface area contributed by atoms with E-state index < -0.39 is 5.97 Å². The van der Waals surface area contributed by atoms with Crippen molar-refractivity contribution in [2.75, 3.05) is 19.6 Å². The Labute approximate surface area is 149 Å². The van der Waals surface area contributed by atoms with Crippen molar-refractivity contribution in [1.82, 2.24) is 10.2 Å². The van der Waals surface area contributed by atoms with Gasteiger partial charge in [0.1, 0.15) is 0 Å². The summed E-state index contributed by atoms with van der Waals surface area (Å²) in [7, 11) is 0. The first-order valence-corrected chi connectivity index (χ1v) is 8.28. The molecule has 6 heteroatoms. The second-order valence-corrected chi connectivity index (χ2v) is 6.41. The molecule has 134 valence electrons. The predicted octanol–water partition coefficient (Wildman–Crippen LogP) is 2.51. The van der Waals surface area contributed by atoms with E-state index in [1.807, 2.05) is 30.0 Å². The van der Waals surface area contributed by atoms with E-state index in [0.717, 1.165) is 13.0 Å². The maximum Gasteiger partial charge on any atom is 0.307 e. The first-order valence-electron chi connectivity index (χ1n) is 8.28. The number of carboxylic acid groups (broad SMARTS) is 1. The Morgan fingerprint density at radius 3 is 2.58 bits per heavy atom. The number of benzene rings is 1. The quantitative estimate of drug-likeness (QED) is 0.823. The number of aliphatic carboxylic acids is 1. The third kappa shape index (κ3) is 5.49. The van der Waals surface area contributed by atoms with E-state index in [0.29, 0.717) is 19.5 Å². The molecule has 0 spiro atoms. The number of nitrogens with one attached hydrogen (secondary N) is 1. The van der Waals surface area contributed by atoms with Gasteiger partial charge in [-0.3, -0.25) is 14.5 Å². The summed E-state index contributed by atoms with van der Waals surface area (Å²) in [5.41, 5.74) is 1.20. The maximum absolute atomic E-state index is 12.4. The fraction of sp³-hybridized carbons (Fsp3) is 0.556. The maximum atomic E-state index is 12.4. The van der Waals surface area contributed by atoms with Crippen molar-refractivity contribution in [2.45, 2.75) is 38.6 Å². The highest BCUT2D eigenvalue weighted by Crippen LogP contribution is 2.19. The molecule has 1 saturated heterocycles. The second-order valence-electron chi connectivity index (χ2n) is 6.41. The number of likely N-dealkylation sites (tertiary alicyclic amines) is 1. The van der Waals surface area contributed by atoms with Crippen molar-refractivity contribution in [3.63, 3.8) is 0 Å². The van der Waals surface area contributed by atoms with Crippen LogP contribution in [-0.2, 0) is 9.59 Å². The lowest BCUT2D eigenvalue weighted by Crippen LogP contribution is -2.50. The third-order valence-electron chi connectivity index (χ3n) is 4.68. The summed E-state index contributed by atoms with van der Waals surface area (Å²) in [6.07, 6.45) is 1.53. The van der Waals surface area contributed by atoms with Crippen LogP contribution < -0.4 is 5.32 Å². The fourth-order valence-electron chi connectivity index (χ4n) is 3.03. The van der Waals surface area contributed by atoms with E-state index in [4.69, 9.17) is 5.11 Å². The number of nitrogens with zero attached hydrogens (tertiary/aromatic N) is 1. The number of carboxylic acids is 1. The van der Waals surface area contributed by atoms with Crippen LogP contribution in [-0.4, -0.2) is 47.6 Å². The second kappa shape index (κ2) is 9.64. The van der Waals surface area contributed by atoms with Crippen molar-refractivity contribution < 1.29 is 14.7 Å². The topological polar surface area (TPSA) is 69.6 Å². The van der Waals surface area contributed by atoms with E-state index in [9.17, 15) is 9.59 Å². The van der Waals surface area contributed by atoms with Crippen molar-refractivity contribution >= 4 is 24.3 Å². The van der Waals surface area contributed by atoms with Gasteiger partial charge >= 0.3 is 5.97 Å². The van der Waals surface area contributed by atoms with Crippen LogP contribution in [0.5, 0.6) is 0 Å². The van der Waals surface area contributed by atoms with E-state index in [1.54, 1.807) is 0 Å². The van der Waals surface area contributed by atoms with Gasteiger partial charge in [-0.2, -0.15) is 0 Å². The third-order valence-corrected chi connectivity index (χ3v) is 4.68. The van der Waals surface area contributed by atoms with Crippen molar-refractivity contribution in [2.24, 2.45) is 5.92 Å². The molecule has 1 aliphatic rings. The smallest absolute Gasteiger partial charge is 0.307 e. The summed E-state index contributed by atoms with van der Waals surface area (Å²) in [5, 5.41) is 12.1. The highest BCUT2D eigenvalue weighted by atomic mass is 35.5. The summed E-state index contributed by atoms with van der Waals surface area (Å²) < 4.78 is 0. The molecule has 0 saturated carbocycles. The van der Waals surface area contributed by atoms with Crippen molar-refractivity contribution in [1.29, 1.82) is 0 Å². The monoisotopic (exact) mass is 354 g/mol. The zero-order valence-corrected chi connectivity index (χ0v) is 15.1. The molecule has 1 fully saturated rings. The molecule has 1 aliphatic heterocycles. The zero-order valence-electron chi connectivity index (χ0n) is 14.3. The van der Waals surface area contributed by atoms with Crippen LogP contribution in [0, 0.1) is 5.92 Å². The van der Waals surface area contributed by atoms with E-state index >= 15 is 0 Å². The summed E-state index contributed by atoms with van der Waals surface area (Å²) in [5.74, 6) is -0.901. The van der Waals surface area contributed by atoms with Gasteiger partial charge in [0, 0.05) is 13.1 Å². The minimum Gasteiger partial charge on any atom is -0.481 e. The van der Waals surface area contributed by atoms with Crippen LogP contribution in [0.4, 0.5) is 0 Å². The number of hydrogen-bond donors (Lipinski definition) is 2. The molecule has 1 aromatic rings. The average molecular weight is 355 g/mol. The lowest BCUT2D eigenvalue weighted by atomic mass is 9.97. The Morgan fingerprint density at radius 1 is 1.29 bits per heavy atom. The molecule has 1 heterocycles. The van der Waals surface area contributed by atoms with Crippen LogP contribution >= 0.6 is 12.4 Å². The van der Waals surface area contributed by atoms with Gasteiger partial charge in [-0.1, -0.05) is 37.3 Å². The molecule has 0 aliphatic carbocycles. The molecule has 1 amide bonds. The molecule has 24 heavy (non-hydrogen) atoms. The Kier molecular flexibility index (Phi) is 8.22. The minimum absolute atomic E-state index is 0. The number of amides is 1. The Bertz CT molecular complexity index is 538. The molecule has 0 bridgehead atoms. The van der Waals surface area contributed by atoms with Gasteiger partial charge in [0.25, 0.3) is 0 Å². The number of piperidine rings is 1. The summed E-state index contributed by atoms with van der Waals surface area (Å²) in [6, 6.07) is 9.79. The fourth-order valence-corrected chi connectivity index (χ4v) is 3.03. The average Bonchev–Trinajstić information content (AvgIpc) is 2.59. The lowest BCUT2D eigenvalue weighted by molar-refractivity contribution is -0.145. The Morgan fingerprint density at radius 2 is 1.96 bits per heavy atom. The largest absolute Gasteiger partial charge is 0.481 e. The normalized spacial score (nSPS) is 20.5. The number of carbonyl (C=O) groups is 2. The van der Waals surface area contributed by atoms with E-state index in [1.165, 1.54) is 5.56 Å². The molecule has 1 aromatic carbocycles. The number of halogens is 1. The molecular weight excluding hydrogens is 328 g/mol. The van der Waals surface area contributed by atoms with Gasteiger partial charge < -0.3 is 10.4 Å². The van der Waals surface area contributed by atoms with E-state index in [2.05, 4.69) is 24.4 Å². The Hall–Kier alpha value is -1.59. The van der Waals surface area contributed by atoms with Crippen LogP contribution in [0.15, 0.2) is 30.3 Å². The first-order chi connectivity index (χ1) is 11.0. The first kappa shape index (κ1) is 20.5. The molecule has 5 nitrogen and oxygen atoms in total. The minimum atomic E-state index is -0.764. The highest BCUT2D eigenvalue weighted by molar-refractivity contribution is 5.85. The zero-order chi connectivity index (χ0) is 16.8. The number of hydrogen-bond acceptors (Lipinski definition) is 3. The van der Waals surface area contributed by atoms with Crippen molar-refractivity contribution in [3.8, 4) is 0 Å². The van der Waals surface area contributed by atoms with Gasteiger partial charge in [0.05, 0.1) is 12.0 Å². The number of rotatable bonds is 6. The number of carbonyl (C=O) groups excluding carboxylic acids is 1. The molecule has 2 N–H and O–H groups in total. The lowest BCUT2D eigenvalue weighted by Gasteiger charge is -2.34. The van der Waals surface area contributed by atoms with Gasteiger partial charge in [-0.15, -0.1) is 12.4 Å². The van der Waals surface area contributed by atoms with Crippen LogP contribution in [0.3, 0.4) is 0 Å². The van der Waals surface area contributed by atoms with Crippen molar-refractivity contribution in [3.05, 3.63) is 35.9 Å². The molecular formula is C18H27ClN2O3. The Balaban J connectivity index is 0.00000288. The van der Waals surface area contributed by atoms with Gasteiger partial charge in [-0.25, -0.2) is 0 Å². The molecule has 3 unspecified atom stereocenters. The van der Waals surface area contributed by atoms with Crippen LogP contribution in [0.2, 0.25) is 0 Å². The summed E-state index contributed by atoms with van der Waals surface area (Å²) >= 11 is 0. The molecule has 2 rings (SSSR count). The van der Waals surface area contributed by atoms with Gasteiger partial charge in [0.2, 0.25) is 5.91 Å². The standard InChI is InChI=1S/C18H26N2O3.ClH/c1-13(15-7-4-3-5-8-15)11-19-17(21)14(2)20-10-6-9-16(12-20)18(22)23;/h3-5,7-8,13-14,16H,6,9-12H2,1-2H3,(H,19,21)(H,22,23);1H. The summed E-state index contributed by atoms with van der Waals surface area (Å²) in [4.78, 5) is 25.5.